The zero-order chi connectivity index (χ0) is 34.2. The molecule has 2 aromatic heterocycles. The van der Waals surface area contributed by atoms with E-state index in [-0.39, 0.29) is 28.4 Å². The van der Waals surface area contributed by atoms with Crippen LogP contribution in [0, 0.1) is 5.82 Å². The molecule has 15 heteroatoms. The van der Waals surface area contributed by atoms with E-state index in [1.165, 1.54) is 36.6 Å². The Morgan fingerprint density at radius 3 is 2.69 bits per heavy atom. The Hall–Kier alpha value is -5.05. The van der Waals surface area contributed by atoms with Gasteiger partial charge in [0.05, 0.1) is 31.8 Å². The minimum atomic E-state index is -0.859. The fraction of sp³-hybridized carbons (Fsp3) is 0.265. The molecule has 0 radical (unpaired) electrons. The number of halogens is 2. The predicted octanol–water partition coefficient (Wildman–Crippen LogP) is 4.85. The lowest BCUT2D eigenvalue weighted by Crippen LogP contribution is -2.53. The van der Waals surface area contributed by atoms with Crippen LogP contribution in [0.15, 0.2) is 89.1 Å². The van der Waals surface area contributed by atoms with Crippen LogP contribution in [0.3, 0.4) is 0 Å². The number of piperazine rings is 1. The van der Waals surface area contributed by atoms with Gasteiger partial charge in [-0.3, -0.25) is 19.5 Å². The first kappa shape index (κ1) is 32.5. The number of aliphatic hydroxyl groups excluding tert-OH is 1. The summed E-state index contributed by atoms with van der Waals surface area (Å²) in [5.74, 6) is -0.0324. The summed E-state index contributed by atoms with van der Waals surface area (Å²) in [6.45, 7) is 6.45. The zero-order valence-electron chi connectivity index (χ0n) is 26.4. The van der Waals surface area contributed by atoms with E-state index in [1.807, 2.05) is 34.7 Å². The number of fused-ring (bicyclic) bond motifs is 1. The highest BCUT2D eigenvalue weighted by Gasteiger charge is 2.43. The smallest absolute Gasteiger partial charge is 0.338 e. The van der Waals surface area contributed by atoms with Crippen LogP contribution in [0.1, 0.15) is 27.7 Å². The van der Waals surface area contributed by atoms with Gasteiger partial charge in [-0.05, 0) is 17.7 Å². The third-order valence-corrected chi connectivity index (χ3v) is 9.88. The first-order chi connectivity index (χ1) is 23.7. The number of anilines is 1. The molecule has 2 N–H and O–H groups in total. The van der Waals surface area contributed by atoms with Gasteiger partial charge in [-0.2, -0.15) is 5.10 Å². The molecule has 5 heterocycles. The number of ether oxygens (including phenoxy) is 1. The number of carbonyl (C=O) groups is 2. The van der Waals surface area contributed by atoms with Gasteiger partial charge in [0.2, 0.25) is 0 Å². The van der Waals surface area contributed by atoms with Crippen LogP contribution >= 0.6 is 22.9 Å². The number of nitrogens with zero attached hydrogens (tertiary/aromatic N) is 7. The van der Waals surface area contributed by atoms with Gasteiger partial charge in [-0.15, -0.1) is 11.3 Å². The van der Waals surface area contributed by atoms with E-state index in [9.17, 15) is 19.1 Å². The molecule has 2 amide bonds. The molecule has 0 aliphatic carbocycles. The normalized spacial score (nSPS) is 19.5. The molecular formula is C34H32ClFN8O4S. The lowest BCUT2D eigenvalue weighted by molar-refractivity contribution is -0.136. The number of nitrogens with one attached hydrogen (secondary N) is 1. The summed E-state index contributed by atoms with van der Waals surface area (Å²) in [6, 6.07) is 12.2. The van der Waals surface area contributed by atoms with Gasteiger partial charge in [0, 0.05) is 71.9 Å². The molecule has 0 spiro atoms. The van der Waals surface area contributed by atoms with Gasteiger partial charge in [0.15, 0.2) is 16.7 Å². The van der Waals surface area contributed by atoms with Crippen molar-refractivity contribution in [2.45, 2.75) is 18.6 Å². The minimum absolute atomic E-state index is 0.0134. The molecule has 2 saturated heterocycles. The lowest BCUT2D eigenvalue weighted by Gasteiger charge is -2.38. The van der Waals surface area contributed by atoms with Crippen molar-refractivity contribution in [2.75, 3.05) is 44.7 Å². The number of hydrogen-bond acceptors (Lipinski definition) is 10. The number of aromatic nitrogens is 3. The highest BCUT2D eigenvalue weighted by molar-refractivity contribution is 7.11. The second-order valence-corrected chi connectivity index (χ2v) is 13.2. The Kier molecular flexibility index (Phi) is 8.92. The molecule has 0 saturated carbocycles. The number of carbonyl (C=O) groups excluding carboxylic acids is 2. The van der Waals surface area contributed by atoms with Gasteiger partial charge < -0.3 is 20.1 Å². The SMILES string of the molecule is C=C(O)c1ccc(Cn2ccc(N3C[C@@H]4CN(CC5=C(C(=O)OC)[C@H](c6ccc(F)cc6Cl)N=C(c6nccs6)N5)CCN4C3=O)n2)cc1. The van der Waals surface area contributed by atoms with Gasteiger partial charge in [-0.25, -0.2) is 19.0 Å². The summed E-state index contributed by atoms with van der Waals surface area (Å²) >= 11 is 7.89. The topological polar surface area (TPSA) is 128 Å². The maximum atomic E-state index is 14.0. The highest BCUT2D eigenvalue weighted by Crippen LogP contribution is 2.37. The van der Waals surface area contributed by atoms with Gasteiger partial charge in [0.1, 0.15) is 17.6 Å². The van der Waals surface area contributed by atoms with Crippen LogP contribution in [0.5, 0.6) is 0 Å². The average molecular weight is 703 g/mol. The van der Waals surface area contributed by atoms with E-state index in [2.05, 4.69) is 26.9 Å². The molecule has 0 unspecified atom stereocenters. The fourth-order valence-corrected chi connectivity index (χ4v) is 7.23. The summed E-state index contributed by atoms with van der Waals surface area (Å²) in [6.07, 6.45) is 3.51. The number of esters is 1. The van der Waals surface area contributed by atoms with E-state index in [1.54, 1.807) is 27.9 Å². The molecular weight excluding hydrogens is 671 g/mol. The van der Waals surface area contributed by atoms with E-state index in [0.29, 0.717) is 72.8 Å². The predicted molar refractivity (Wildman–Crippen MR) is 184 cm³/mol. The minimum Gasteiger partial charge on any atom is -0.508 e. The molecule has 2 atom stereocenters. The number of methoxy groups -OCH3 is 1. The molecule has 12 nitrogen and oxygen atoms in total. The summed E-state index contributed by atoms with van der Waals surface area (Å²) < 4.78 is 21.0. The Balaban J connectivity index is 1.10. The highest BCUT2D eigenvalue weighted by atomic mass is 35.5. The van der Waals surface area contributed by atoms with Crippen LogP contribution in [0.25, 0.3) is 5.76 Å². The van der Waals surface area contributed by atoms with Crippen molar-refractivity contribution < 1.29 is 23.8 Å². The Morgan fingerprint density at radius 2 is 1.98 bits per heavy atom. The third kappa shape index (κ3) is 6.54. The molecule has 7 rings (SSSR count). The van der Waals surface area contributed by atoms with Crippen molar-refractivity contribution in [2.24, 2.45) is 4.99 Å². The molecule has 4 aromatic rings. The van der Waals surface area contributed by atoms with E-state index in [0.717, 1.165) is 5.56 Å². The van der Waals surface area contributed by atoms with Crippen LogP contribution in [-0.2, 0) is 16.1 Å². The molecule has 252 valence electrons. The molecule has 2 aromatic carbocycles. The van der Waals surface area contributed by atoms with Gasteiger partial charge in [0.25, 0.3) is 0 Å². The number of urea groups is 1. The fourth-order valence-electron chi connectivity index (χ4n) is 6.37. The van der Waals surface area contributed by atoms with Crippen molar-refractivity contribution >= 4 is 52.4 Å². The van der Waals surface area contributed by atoms with Crippen molar-refractivity contribution in [3.63, 3.8) is 0 Å². The molecule has 3 aliphatic rings. The van der Waals surface area contributed by atoms with Crippen molar-refractivity contribution in [3.8, 4) is 0 Å². The molecule has 2 fully saturated rings. The standard InChI is InChI=1S/C34H32ClFN8O4S/c1-20(45)22-5-3-21(4-6-22)16-42-11-9-28(40-42)44-18-24-17-41(12-13-43(24)34(44)47)19-27-29(33(46)48-2)30(25-8-7-23(36)15-26(25)35)39-31(38-27)32-37-10-14-49-32/h3-11,14-15,24,30,45H,1,12-13,16-19H2,2H3,(H,38,39)/t24-,30-/m0/s1. The number of thiazole rings is 1. The van der Waals surface area contributed by atoms with Crippen LogP contribution in [0.4, 0.5) is 15.0 Å². The summed E-state index contributed by atoms with van der Waals surface area (Å²) in [5, 5.41) is 20.2. The number of aliphatic imine (C=N–C) groups is 1. The maximum absolute atomic E-state index is 14.0. The van der Waals surface area contributed by atoms with Crippen molar-refractivity contribution in [1.82, 2.24) is 29.9 Å². The number of aliphatic hydroxyl groups is 1. The molecule has 3 aliphatic heterocycles. The maximum Gasteiger partial charge on any atom is 0.338 e. The van der Waals surface area contributed by atoms with Crippen molar-refractivity contribution in [1.29, 1.82) is 0 Å². The van der Waals surface area contributed by atoms with E-state index in [4.69, 9.17) is 21.3 Å². The second-order valence-electron chi connectivity index (χ2n) is 11.9. The lowest BCUT2D eigenvalue weighted by atomic mass is 9.95. The molecule has 49 heavy (non-hydrogen) atoms. The quantitative estimate of drug-likeness (QED) is 0.187. The second kappa shape index (κ2) is 13.5. The summed E-state index contributed by atoms with van der Waals surface area (Å²) in [5.41, 5.74) is 2.95. The summed E-state index contributed by atoms with van der Waals surface area (Å²) in [7, 11) is 1.30. The van der Waals surface area contributed by atoms with Gasteiger partial charge >= 0.3 is 12.0 Å². The number of rotatable bonds is 9. The molecule has 0 bridgehead atoms. The van der Waals surface area contributed by atoms with E-state index >= 15 is 0 Å². The van der Waals surface area contributed by atoms with Crippen molar-refractivity contribution in [3.05, 3.63) is 117 Å². The van der Waals surface area contributed by atoms with Crippen LogP contribution < -0.4 is 10.2 Å². The van der Waals surface area contributed by atoms with E-state index < -0.39 is 17.8 Å². The third-order valence-electron chi connectivity index (χ3n) is 8.78. The van der Waals surface area contributed by atoms with Crippen LogP contribution in [-0.4, -0.2) is 93.4 Å². The average Bonchev–Trinajstić information content (AvgIpc) is 3.86. The number of hydrogen-bond donors (Lipinski definition) is 2. The monoisotopic (exact) mass is 702 g/mol. The largest absolute Gasteiger partial charge is 0.508 e. The summed E-state index contributed by atoms with van der Waals surface area (Å²) in [4.78, 5) is 41.8. The van der Waals surface area contributed by atoms with Crippen LogP contribution in [0.2, 0.25) is 5.02 Å². The zero-order valence-corrected chi connectivity index (χ0v) is 28.0. The number of amides is 2. The first-order valence-electron chi connectivity index (χ1n) is 15.5. The Labute approximate surface area is 290 Å². The van der Waals surface area contributed by atoms with Gasteiger partial charge in [-0.1, -0.05) is 48.5 Å². The number of amidine groups is 1. The first-order valence-corrected chi connectivity index (χ1v) is 16.8. The Bertz CT molecular complexity index is 1980. The number of benzene rings is 2. The Morgan fingerprint density at radius 1 is 1.16 bits per heavy atom.